The molecule has 3 nitrogen and oxygen atoms in total. The Labute approximate surface area is 151 Å². The monoisotopic (exact) mass is 342 g/mol. The van der Waals surface area contributed by atoms with Crippen LogP contribution in [0.25, 0.3) is 0 Å². The van der Waals surface area contributed by atoms with Gasteiger partial charge in [0.2, 0.25) is 0 Å². The first-order valence-electron chi connectivity index (χ1n) is 9.20. The van der Waals surface area contributed by atoms with Crippen molar-refractivity contribution < 1.29 is 14.3 Å². The second kappa shape index (κ2) is 5.89. The Hall–Kier alpha value is -1.77. The molecule has 0 aromatic heterocycles. The fourth-order valence-electron chi connectivity index (χ4n) is 5.31. The molecular weight excluding hydrogens is 312 g/mol. The average Bonchev–Trinajstić information content (AvgIpc) is 2.56. The van der Waals surface area contributed by atoms with Crippen LogP contribution in [0, 0.1) is 11.3 Å². The first-order chi connectivity index (χ1) is 11.7. The second-order valence-corrected chi connectivity index (χ2v) is 8.45. The van der Waals surface area contributed by atoms with Crippen molar-refractivity contribution in [3.63, 3.8) is 0 Å². The van der Waals surface area contributed by atoms with Gasteiger partial charge in [0.05, 0.1) is 19.6 Å². The molecule has 0 bridgehead atoms. The Morgan fingerprint density at radius 3 is 2.36 bits per heavy atom. The summed E-state index contributed by atoms with van der Waals surface area (Å²) in [6.07, 6.45) is 3.69. The number of hydrogen-bond donors (Lipinski definition) is 0. The number of rotatable bonds is 3. The lowest BCUT2D eigenvalue weighted by atomic mass is 9.51. The Morgan fingerprint density at radius 1 is 1.12 bits per heavy atom. The lowest BCUT2D eigenvalue weighted by Gasteiger charge is -2.52. The number of fused-ring (bicyclic) bond motifs is 3. The van der Waals surface area contributed by atoms with Gasteiger partial charge in [-0.1, -0.05) is 33.8 Å². The molecule has 0 fully saturated rings. The largest absolute Gasteiger partial charge is 0.500 e. The Kier molecular flexibility index (Phi) is 4.25. The predicted molar refractivity (Wildman–Crippen MR) is 100 cm³/mol. The van der Waals surface area contributed by atoms with Crippen LogP contribution in [0.4, 0.5) is 0 Å². The van der Waals surface area contributed by atoms with E-state index >= 15 is 0 Å². The summed E-state index contributed by atoms with van der Waals surface area (Å²) in [5, 5.41) is 0. The minimum absolute atomic E-state index is 0.160. The van der Waals surface area contributed by atoms with Gasteiger partial charge in [0.25, 0.3) is 0 Å². The number of carbonyl (C=O) groups is 1. The third-order valence-electron chi connectivity index (χ3n) is 6.55. The summed E-state index contributed by atoms with van der Waals surface area (Å²) in [5.41, 5.74) is 3.08. The van der Waals surface area contributed by atoms with Crippen molar-refractivity contribution >= 4 is 5.78 Å². The van der Waals surface area contributed by atoms with Crippen LogP contribution in [0.2, 0.25) is 0 Å². The summed E-state index contributed by atoms with van der Waals surface area (Å²) in [7, 11) is 3.39. The number of hydrogen-bond acceptors (Lipinski definition) is 3. The summed E-state index contributed by atoms with van der Waals surface area (Å²) >= 11 is 0. The highest BCUT2D eigenvalue weighted by Crippen LogP contribution is 2.57. The van der Waals surface area contributed by atoms with Crippen molar-refractivity contribution in [2.45, 2.75) is 58.8 Å². The van der Waals surface area contributed by atoms with Gasteiger partial charge in [-0.25, -0.2) is 0 Å². The second-order valence-electron chi connectivity index (χ2n) is 8.45. The number of methoxy groups -OCH3 is 2. The van der Waals surface area contributed by atoms with Gasteiger partial charge >= 0.3 is 0 Å². The molecule has 3 heteroatoms. The highest BCUT2D eigenvalue weighted by Gasteiger charge is 2.56. The number of carbonyl (C=O) groups excluding carboxylic acids is 1. The van der Waals surface area contributed by atoms with Gasteiger partial charge in [-0.05, 0) is 48.8 Å². The Morgan fingerprint density at radius 2 is 1.80 bits per heavy atom. The minimum Gasteiger partial charge on any atom is -0.500 e. The van der Waals surface area contributed by atoms with Crippen molar-refractivity contribution in [3.05, 3.63) is 40.7 Å². The summed E-state index contributed by atoms with van der Waals surface area (Å²) < 4.78 is 11.2. The Bertz CT molecular complexity index is 742. The molecule has 0 N–H and O–H groups in total. The van der Waals surface area contributed by atoms with Crippen LogP contribution in [0.1, 0.15) is 63.6 Å². The van der Waals surface area contributed by atoms with Crippen molar-refractivity contribution in [1.29, 1.82) is 0 Å². The minimum atomic E-state index is -0.505. The smallest absolute Gasteiger partial charge is 0.169 e. The van der Waals surface area contributed by atoms with Crippen molar-refractivity contribution in [3.8, 4) is 5.75 Å². The number of ether oxygens (including phenoxy) is 2. The van der Waals surface area contributed by atoms with Crippen molar-refractivity contribution in [2.24, 2.45) is 11.3 Å². The standard InChI is InChI=1S/C22H30O3/c1-13(2)20-14-8-11-17-21(3,4)19(25-7)12-18(23)22(17,5)15(14)9-10-16(20)24-6/h9-10,12-13,17H,8,11H2,1-7H3. The number of benzene rings is 1. The zero-order valence-electron chi connectivity index (χ0n) is 16.5. The molecule has 0 spiro atoms. The van der Waals surface area contributed by atoms with E-state index in [-0.39, 0.29) is 17.1 Å². The maximum Gasteiger partial charge on any atom is 0.169 e. The molecule has 0 radical (unpaired) electrons. The number of allylic oxidation sites excluding steroid dienone is 2. The summed E-state index contributed by atoms with van der Waals surface area (Å²) in [5.74, 6) is 2.50. The third kappa shape index (κ3) is 2.35. The van der Waals surface area contributed by atoms with E-state index in [1.165, 1.54) is 16.7 Å². The normalized spacial score (nSPS) is 27.4. The summed E-state index contributed by atoms with van der Waals surface area (Å²) in [6, 6.07) is 4.16. The fourth-order valence-corrected chi connectivity index (χ4v) is 5.31. The van der Waals surface area contributed by atoms with Crippen LogP contribution in [0.15, 0.2) is 24.0 Å². The van der Waals surface area contributed by atoms with Gasteiger partial charge in [0.15, 0.2) is 5.78 Å². The van der Waals surface area contributed by atoms with E-state index < -0.39 is 5.41 Å². The first kappa shape index (κ1) is 18.0. The maximum atomic E-state index is 13.2. The first-order valence-corrected chi connectivity index (χ1v) is 9.20. The Balaban J connectivity index is 2.27. The molecule has 2 aliphatic carbocycles. The van der Waals surface area contributed by atoms with Crippen LogP contribution in [0.3, 0.4) is 0 Å². The van der Waals surface area contributed by atoms with Crippen LogP contribution < -0.4 is 4.74 Å². The molecule has 1 aromatic rings. The van der Waals surface area contributed by atoms with Gasteiger partial charge < -0.3 is 9.47 Å². The summed E-state index contributed by atoms with van der Waals surface area (Å²) in [6.45, 7) is 10.9. The third-order valence-corrected chi connectivity index (χ3v) is 6.55. The van der Waals surface area contributed by atoms with Gasteiger partial charge in [0.1, 0.15) is 11.5 Å². The van der Waals surface area contributed by atoms with E-state index in [1.807, 2.05) is 6.07 Å². The van der Waals surface area contributed by atoms with Gasteiger partial charge in [-0.2, -0.15) is 0 Å². The molecule has 25 heavy (non-hydrogen) atoms. The lowest BCUT2D eigenvalue weighted by molar-refractivity contribution is -0.126. The molecule has 0 saturated carbocycles. The van der Waals surface area contributed by atoms with Crippen LogP contribution in [-0.4, -0.2) is 20.0 Å². The van der Waals surface area contributed by atoms with Gasteiger partial charge in [-0.15, -0.1) is 0 Å². The van der Waals surface area contributed by atoms with Gasteiger partial charge in [-0.3, -0.25) is 4.79 Å². The van der Waals surface area contributed by atoms with E-state index in [9.17, 15) is 4.79 Å². The lowest BCUT2D eigenvalue weighted by Crippen LogP contribution is -2.53. The molecule has 2 atom stereocenters. The molecule has 2 unspecified atom stereocenters. The zero-order valence-corrected chi connectivity index (χ0v) is 16.5. The van der Waals surface area contributed by atoms with Crippen LogP contribution in [0.5, 0.6) is 5.75 Å². The van der Waals surface area contributed by atoms with E-state index in [0.29, 0.717) is 5.92 Å². The zero-order chi connectivity index (χ0) is 18.6. The predicted octanol–water partition coefficient (Wildman–Crippen LogP) is 4.78. The fraction of sp³-hybridized carbons (Fsp3) is 0.591. The van der Waals surface area contributed by atoms with Gasteiger partial charge in [0, 0.05) is 17.1 Å². The molecule has 136 valence electrons. The topological polar surface area (TPSA) is 35.5 Å². The molecule has 0 heterocycles. The molecule has 3 rings (SSSR count). The quantitative estimate of drug-likeness (QED) is 0.793. The molecule has 0 aliphatic heterocycles. The van der Waals surface area contributed by atoms with Crippen LogP contribution >= 0.6 is 0 Å². The SMILES string of the molecule is COC1=CC(=O)C2(C)c3ccc(OC)c(C(C)C)c3CCC2C1(C)C. The molecule has 2 aliphatic rings. The van der Waals surface area contributed by atoms with Crippen molar-refractivity contribution in [1.82, 2.24) is 0 Å². The van der Waals surface area contributed by atoms with Crippen molar-refractivity contribution in [2.75, 3.05) is 14.2 Å². The molecular formula is C22H30O3. The summed E-state index contributed by atoms with van der Waals surface area (Å²) in [4.78, 5) is 13.2. The molecule has 0 amide bonds. The van der Waals surface area contributed by atoms with E-state index in [4.69, 9.17) is 9.47 Å². The molecule has 1 aromatic carbocycles. The molecule has 0 saturated heterocycles. The maximum absolute atomic E-state index is 13.2. The van der Waals surface area contributed by atoms with E-state index in [0.717, 1.165) is 24.4 Å². The van der Waals surface area contributed by atoms with E-state index in [1.54, 1.807) is 20.3 Å². The van der Waals surface area contributed by atoms with Crippen LogP contribution in [-0.2, 0) is 21.4 Å². The average molecular weight is 342 g/mol. The number of ketones is 1. The highest BCUT2D eigenvalue weighted by molar-refractivity contribution is 6.01. The van der Waals surface area contributed by atoms with E-state index in [2.05, 4.69) is 40.7 Å². The highest BCUT2D eigenvalue weighted by atomic mass is 16.5.